The lowest BCUT2D eigenvalue weighted by Crippen LogP contribution is -2.45. The highest BCUT2D eigenvalue weighted by Gasteiger charge is 2.29. The van der Waals surface area contributed by atoms with Crippen molar-refractivity contribution in [3.8, 4) is 0 Å². The Morgan fingerprint density at radius 2 is 2.25 bits per heavy atom. The van der Waals surface area contributed by atoms with Gasteiger partial charge in [-0.1, -0.05) is 0 Å². The fraction of sp³-hybridized carbons (Fsp3) is 0.875. The molecule has 1 rings (SSSR count). The molecule has 0 aliphatic heterocycles. The summed E-state index contributed by atoms with van der Waals surface area (Å²) in [7, 11) is 1.61. The Labute approximate surface area is 72.5 Å². The third kappa shape index (κ3) is 2.19. The lowest BCUT2D eigenvalue weighted by atomic mass is 9.90. The SMILES string of the molecule is CNC(=O)C(C)OC1CC(N)C1. The van der Waals surface area contributed by atoms with E-state index in [1.54, 1.807) is 14.0 Å². The molecule has 0 heterocycles. The maximum atomic E-state index is 11.0. The van der Waals surface area contributed by atoms with Gasteiger partial charge < -0.3 is 15.8 Å². The highest BCUT2D eigenvalue weighted by molar-refractivity contribution is 5.79. The molecule has 0 aromatic carbocycles. The normalized spacial score (nSPS) is 30.6. The molecule has 0 saturated heterocycles. The van der Waals surface area contributed by atoms with Crippen LogP contribution >= 0.6 is 0 Å². The zero-order valence-electron chi connectivity index (χ0n) is 7.54. The molecule has 12 heavy (non-hydrogen) atoms. The van der Waals surface area contributed by atoms with Gasteiger partial charge in [0.25, 0.3) is 0 Å². The molecular formula is C8H16N2O2. The molecule has 0 aromatic rings. The number of ether oxygens (including phenoxy) is 1. The van der Waals surface area contributed by atoms with Gasteiger partial charge in [-0.15, -0.1) is 0 Å². The number of nitrogens with two attached hydrogens (primary N) is 1. The van der Waals surface area contributed by atoms with Crippen molar-refractivity contribution in [1.29, 1.82) is 0 Å². The molecule has 1 fully saturated rings. The summed E-state index contributed by atoms with van der Waals surface area (Å²) in [6.07, 6.45) is 1.59. The second kappa shape index (κ2) is 3.87. The van der Waals surface area contributed by atoms with Gasteiger partial charge in [-0.25, -0.2) is 0 Å². The lowest BCUT2D eigenvalue weighted by molar-refractivity contribution is -0.138. The van der Waals surface area contributed by atoms with Crippen LogP contribution in [0.2, 0.25) is 0 Å². The molecule has 3 N–H and O–H groups in total. The highest BCUT2D eigenvalue weighted by Crippen LogP contribution is 2.22. The summed E-state index contributed by atoms with van der Waals surface area (Å²) in [5.74, 6) is -0.0736. The summed E-state index contributed by atoms with van der Waals surface area (Å²) < 4.78 is 5.42. The standard InChI is InChI=1S/C8H16N2O2/c1-5(8(11)10-2)12-7-3-6(9)4-7/h5-7H,3-4,9H2,1-2H3,(H,10,11). The minimum absolute atomic E-state index is 0.0736. The van der Waals surface area contributed by atoms with Crippen LogP contribution in [0.1, 0.15) is 19.8 Å². The van der Waals surface area contributed by atoms with Gasteiger partial charge in [-0.2, -0.15) is 0 Å². The van der Waals surface area contributed by atoms with Crippen LogP contribution < -0.4 is 11.1 Å². The van der Waals surface area contributed by atoms with Crippen molar-refractivity contribution in [2.45, 2.75) is 38.0 Å². The van der Waals surface area contributed by atoms with E-state index in [0.717, 1.165) is 12.8 Å². The topological polar surface area (TPSA) is 64.3 Å². The van der Waals surface area contributed by atoms with Crippen LogP contribution in [0.3, 0.4) is 0 Å². The largest absolute Gasteiger partial charge is 0.365 e. The molecule has 70 valence electrons. The second-order valence-corrected chi connectivity index (χ2v) is 3.25. The van der Waals surface area contributed by atoms with E-state index in [1.165, 1.54) is 0 Å². The molecule has 0 radical (unpaired) electrons. The van der Waals surface area contributed by atoms with Crippen LogP contribution in [-0.2, 0) is 9.53 Å². The van der Waals surface area contributed by atoms with E-state index in [-0.39, 0.29) is 24.2 Å². The third-order valence-corrected chi connectivity index (χ3v) is 2.14. The monoisotopic (exact) mass is 172 g/mol. The fourth-order valence-corrected chi connectivity index (χ4v) is 1.27. The summed E-state index contributed by atoms with van der Waals surface area (Å²) in [4.78, 5) is 11.0. The maximum absolute atomic E-state index is 11.0. The van der Waals surface area contributed by atoms with E-state index in [4.69, 9.17) is 10.5 Å². The van der Waals surface area contributed by atoms with E-state index in [0.29, 0.717) is 0 Å². The van der Waals surface area contributed by atoms with Crippen molar-refractivity contribution < 1.29 is 9.53 Å². The van der Waals surface area contributed by atoms with Gasteiger partial charge in [-0.3, -0.25) is 4.79 Å². The minimum Gasteiger partial charge on any atom is -0.365 e. The lowest BCUT2D eigenvalue weighted by Gasteiger charge is -2.33. The van der Waals surface area contributed by atoms with Crippen molar-refractivity contribution in [2.24, 2.45) is 5.73 Å². The molecule has 1 unspecified atom stereocenters. The first kappa shape index (κ1) is 9.48. The Morgan fingerprint density at radius 1 is 1.67 bits per heavy atom. The van der Waals surface area contributed by atoms with Crippen molar-refractivity contribution >= 4 is 5.91 Å². The number of hydrogen-bond acceptors (Lipinski definition) is 3. The van der Waals surface area contributed by atoms with Gasteiger partial charge in [-0.05, 0) is 19.8 Å². The van der Waals surface area contributed by atoms with Gasteiger partial charge in [0.05, 0.1) is 6.10 Å². The molecule has 1 aliphatic rings. The Bertz CT molecular complexity index is 166. The number of carbonyl (C=O) groups is 1. The molecule has 0 spiro atoms. The number of likely N-dealkylation sites (N-methyl/N-ethyl adjacent to an activating group) is 1. The van der Waals surface area contributed by atoms with Crippen LogP contribution in [0.25, 0.3) is 0 Å². The van der Waals surface area contributed by atoms with Crippen molar-refractivity contribution in [3.05, 3.63) is 0 Å². The molecule has 1 amide bonds. The number of nitrogens with one attached hydrogen (secondary N) is 1. The molecule has 0 bridgehead atoms. The Balaban J connectivity index is 2.18. The maximum Gasteiger partial charge on any atom is 0.248 e. The third-order valence-electron chi connectivity index (χ3n) is 2.14. The van der Waals surface area contributed by atoms with Crippen molar-refractivity contribution in [1.82, 2.24) is 5.32 Å². The molecule has 1 aliphatic carbocycles. The van der Waals surface area contributed by atoms with E-state index in [1.807, 2.05) is 0 Å². The highest BCUT2D eigenvalue weighted by atomic mass is 16.5. The van der Waals surface area contributed by atoms with Gasteiger partial charge in [0, 0.05) is 13.1 Å². The summed E-state index contributed by atoms with van der Waals surface area (Å²) in [6.45, 7) is 1.75. The molecule has 0 aromatic heterocycles. The summed E-state index contributed by atoms with van der Waals surface area (Å²) in [5, 5.41) is 2.53. The van der Waals surface area contributed by atoms with Crippen LogP contribution in [0.15, 0.2) is 0 Å². The first-order valence-electron chi connectivity index (χ1n) is 4.26. The summed E-state index contributed by atoms with van der Waals surface area (Å²) >= 11 is 0. The predicted octanol–water partition coefficient (Wildman–Crippen LogP) is -0.373. The second-order valence-electron chi connectivity index (χ2n) is 3.25. The average Bonchev–Trinajstić information content (AvgIpc) is 2.00. The Hall–Kier alpha value is -0.610. The van der Waals surface area contributed by atoms with Gasteiger partial charge in [0.1, 0.15) is 6.10 Å². The molecular weight excluding hydrogens is 156 g/mol. The van der Waals surface area contributed by atoms with E-state index >= 15 is 0 Å². The fourth-order valence-electron chi connectivity index (χ4n) is 1.27. The van der Waals surface area contributed by atoms with Crippen LogP contribution in [0.4, 0.5) is 0 Å². The number of carbonyl (C=O) groups excluding carboxylic acids is 1. The van der Waals surface area contributed by atoms with E-state index in [2.05, 4.69) is 5.32 Å². The summed E-state index contributed by atoms with van der Waals surface area (Å²) in [6, 6.07) is 0.270. The molecule has 1 atom stereocenters. The quantitative estimate of drug-likeness (QED) is 0.610. The predicted molar refractivity (Wildman–Crippen MR) is 45.6 cm³/mol. The zero-order valence-corrected chi connectivity index (χ0v) is 7.54. The van der Waals surface area contributed by atoms with Gasteiger partial charge in [0.2, 0.25) is 5.91 Å². The molecule has 4 heteroatoms. The van der Waals surface area contributed by atoms with Gasteiger partial charge in [0.15, 0.2) is 0 Å². The van der Waals surface area contributed by atoms with E-state index < -0.39 is 0 Å². The van der Waals surface area contributed by atoms with E-state index in [9.17, 15) is 4.79 Å². The first-order valence-corrected chi connectivity index (χ1v) is 4.26. The van der Waals surface area contributed by atoms with Crippen molar-refractivity contribution in [2.75, 3.05) is 7.05 Å². The van der Waals surface area contributed by atoms with Crippen LogP contribution in [-0.4, -0.2) is 31.2 Å². The number of amides is 1. The van der Waals surface area contributed by atoms with Crippen molar-refractivity contribution in [3.63, 3.8) is 0 Å². The smallest absolute Gasteiger partial charge is 0.248 e. The minimum atomic E-state index is -0.354. The molecule has 4 nitrogen and oxygen atoms in total. The Morgan fingerprint density at radius 3 is 2.67 bits per heavy atom. The number of hydrogen-bond donors (Lipinski definition) is 2. The zero-order chi connectivity index (χ0) is 9.14. The first-order chi connectivity index (χ1) is 5.63. The Kier molecular flexibility index (Phi) is 3.05. The molecule has 1 saturated carbocycles. The van der Waals surface area contributed by atoms with Crippen LogP contribution in [0.5, 0.6) is 0 Å². The van der Waals surface area contributed by atoms with Crippen LogP contribution in [0, 0.1) is 0 Å². The number of rotatable bonds is 3. The van der Waals surface area contributed by atoms with Gasteiger partial charge >= 0.3 is 0 Å². The summed E-state index contributed by atoms with van der Waals surface area (Å²) in [5.41, 5.74) is 5.57. The average molecular weight is 172 g/mol.